The third-order valence-electron chi connectivity index (χ3n) is 3.55. The zero-order chi connectivity index (χ0) is 15.0. The molecule has 0 radical (unpaired) electrons. The Morgan fingerprint density at radius 3 is 2.95 bits per heavy atom. The topological polar surface area (TPSA) is 115 Å². The van der Waals surface area contributed by atoms with Gasteiger partial charge in [0.15, 0.2) is 0 Å². The molecule has 0 aromatic carbocycles. The summed E-state index contributed by atoms with van der Waals surface area (Å²) in [6.45, 7) is 1.62. The lowest BCUT2D eigenvalue weighted by Crippen LogP contribution is -2.33. The molecule has 3 rings (SSSR count). The highest BCUT2D eigenvalue weighted by atomic mass is 16.5. The van der Waals surface area contributed by atoms with Crippen molar-refractivity contribution in [3.8, 4) is 0 Å². The Bertz CT molecular complexity index is 720. The molecule has 0 aliphatic carbocycles. The summed E-state index contributed by atoms with van der Waals surface area (Å²) in [5, 5.41) is 13.9. The van der Waals surface area contributed by atoms with E-state index in [1.807, 2.05) is 0 Å². The second-order valence-electron chi connectivity index (χ2n) is 4.99. The van der Waals surface area contributed by atoms with Crippen LogP contribution in [0.3, 0.4) is 0 Å². The molecule has 0 amide bonds. The van der Waals surface area contributed by atoms with Gasteiger partial charge in [0.1, 0.15) is 25.0 Å². The lowest BCUT2D eigenvalue weighted by atomic mass is 10.1. The molecule has 3 heterocycles. The number of nitrogens with zero attached hydrogens (tertiary/aromatic N) is 4. The number of aliphatic hydroxyl groups is 1. The minimum Gasteiger partial charge on any atom is -0.391 e. The van der Waals surface area contributed by atoms with E-state index in [1.54, 1.807) is 17.9 Å². The van der Waals surface area contributed by atoms with Crippen molar-refractivity contribution in [3.05, 3.63) is 45.8 Å². The molecule has 1 aliphatic rings. The van der Waals surface area contributed by atoms with Crippen molar-refractivity contribution in [3.63, 3.8) is 0 Å². The van der Waals surface area contributed by atoms with Gasteiger partial charge in [0.2, 0.25) is 0 Å². The molecular formula is C12H15N5O4. The van der Waals surface area contributed by atoms with Crippen LogP contribution in [-0.4, -0.2) is 41.6 Å². The first-order chi connectivity index (χ1) is 10.1. The molecule has 9 heteroatoms. The Morgan fingerprint density at radius 2 is 2.33 bits per heavy atom. The Balaban J connectivity index is 1.93. The van der Waals surface area contributed by atoms with Crippen LogP contribution < -0.4 is 11.2 Å². The van der Waals surface area contributed by atoms with E-state index in [0.717, 1.165) is 0 Å². The summed E-state index contributed by atoms with van der Waals surface area (Å²) in [5.74, 6) is 0. The second kappa shape index (κ2) is 5.26. The predicted octanol–water partition coefficient (Wildman–Crippen LogP) is -0.962. The van der Waals surface area contributed by atoms with E-state index in [4.69, 9.17) is 4.74 Å². The number of aliphatic hydroxyl groups excluding tert-OH is 1. The molecule has 1 saturated heterocycles. The van der Waals surface area contributed by atoms with Crippen LogP contribution in [0.1, 0.15) is 25.6 Å². The number of H-pyrrole nitrogens is 1. The van der Waals surface area contributed by atoms with Gasteiger partial charge in [-0.25, -0.2) is 14.5 Å². The van der Waals surface area contributed by atoms with Gasteiger partial charge in [-0.15, -0.1) is 0 Å². The average molecular weight is 293 g/mol. The fraction of sp³-hybridized carbons (Fsp3) is 0.500. The second-order valence-corrected chi connectivity index (χ2v) is 4.99. The predicted molar refractivity (Wildman–Crippen MR) is 70.6 cm³/mol. The summed E-state index contributed by atoms with van der Waals surface area (Å²) in [6, 6.07) is 1.02. The van der Waals surface area contributed by atoms with Crippen LogP contribution in [0, 0.1) is 0 Å². The van der Waals surface area contributed by atoms with Gasteiger partial charge in [-0.3, -0.25) is 14.3 Å². The monoisotopic (exact) mass is 293 g/mol. The van der Waals surface area contributed by atoms with Gasteiger partial charge < -0.3 is 9.84 Å². The average Bonchev–Trinajstić information content (AvgIpc) is 3.07. The fourth-order valence-electron chi connectivity index (χ4n) is 2.58. The highest BCUT2D eigenvalue weighted by molar-refractivity contribution is 4.91. The lowest BCUT2D eigenvalue weighted by molar-refractivity contribution is -0.0633. The maximum absolute atomic E-state index is 11.8. The van der Waals surface area contributed by atoms with Crippen molar-refractivity contribution in [1.82, 2.24) is 24.3 Å². The SMILES string of the molecule is CC(O)[C@@H]1O[C@H](n2ccc(=O)[nH]c2=O)C[C@H]1n1cncn1. The first-order valence-corrected chi connectivity index (χ1v) is 6.55. The zero-order valence-corrected chi connectivity index (χ0v) is 11.3. The van der Waals surface area contributed by atoms with Crippen molar-refractivity contribution in [2.45, 2.75) is 37.8 Å². The summed E-state index contributed by atoms with van der Waals surface area (Å²) in [5.41, 5.74) is -1.01. The number of ether oxygens (including phenoxy) is 1. The van der Waals surface area contributed by atoms with Crippen LogP contribution in [0.4, 0.5) is 0 Å². The van der Waals surface area contributed by atoms with Gasteiger partial charge in [-0.05, 0) is 6.92 Å². The molecule has 0 bridgehead atoms. The van der Waals surface area contributed by atoms with E-state index in [1.165, 1.54) is 23.2 Å². The van der Waals surface area contributed by atoms with E-state index >= 15 is 0 Å². The quantitative estimate of drug-likeness (QED) is 0.753. The molecule has 2 N–H and O–H groups in total. The largest absolute Gasteiger partial charge is 0.391 e. The van der Waals surface area contributed by atoms with Crippen molar-refractivity contribution >= 4 is 0 Å². The van der Waals surface area contributed by atoms with Gasteiger partial charge in [0.25, 0.3) is 5.56 Å². The van der Waals surface area contributed by atoms with Crippen LogP contribution in [0.15, 0.2) is 34.5 Å². The van der Waals surface area contributed by atoms with Gasteiger partial charge in [-0.1, -0.05) is 0 Å². The van der Waals surface area contributed by atoms with Crippen molar-refractivity contribution in [2.24, 2.45) is 0 Å². The number of hydrogen-bond acceptors (Lipinski definition) is 6. The minimum absolute atomic E-state index is 0.240. The standard InChI is InChI=1S/C12H15N5O4/c1-7(18)11-8(17-6-13-5-14-17)4-10(21-11)16-3-2-9(19)15-12(16)20/h2-3,5-8,10-11,18H,4H2,1H3,(H,15,19,20)/t7?,8-,10+,11+/m1/s1. The normalized spacial score (nSPS) is 26.9. The van der Waals surface area contributed by atoms with Crippen LogP contribution >= 0.6 is 0 Å². The van der Waals surface area contributed by atoms with E-state index in [9.17, 15) is 14.7 Å². The summed E-state index contributed by atoms with van der Waals surface area (Å²) >= 11 is 0. The first-order valence-electron chi connectivity index (χ1n) is 6.55. The van der Waals surface area contributed by atoms with E-state index in [-0.39, 0.29) is 6.04 Å². The third-order valence-corrected chi connectivity index (χ3v) is 3.55. The molecule has 9 nitrogen and oxygen atoms in total. The maximum Gasteiger partial charge on any atom is 0.330 e. The molecule has 4 atom stereocenters. The molecule has 1 fully saturated rings. The molecule has 0 saturated carbocycles. The van der Waals surface area contributed by atoms with Gasteiger partial charge in [0.05, 0.1) is 12.1 Å². The molecule has 0 spiro atoms. The molecule has 21 heavy (non-hydrogen) atoms. The number of hydrogen-bond donors (Lipinski definition) is 2. The summed E-state index contributed by atoms with van der Waals surface area (Å²) in [4.78, 5) is 29.0. The van der Waals surface area contributed by atoms with Crippen molar-refractivity contribution < 1.29 is 9.84 Å². The summed E-state index contributed by atoms with van der Waals surface area (Å²) < 4.78 is 8.67. The fourth-order valence-corrected chi connectivity index (χ4v) is 2.58. The Morgan fingerprint density at radius 1 is 1.52 bits per heavy atom. The van der Waals surface area contributed by atoms with Crippen LogP contribution in [-0.2, 0) is 4.74 Å². The van der Waals surface area contributed by atoms with E-state index in [2.05, 4.69) is 15.1 Å². The minimum atomic E-state index is -0.734. The van der Waals surface area contributed by atoms with Crippen molar-refractivity contribution in [2.75, 3.05) is 0 Å². The van der Waals surface area contributed by atoms with Crippen LogP contribution in [0.2, 0.25) is 0 Å². The molecule has 1 aliphatic heterocycles. The molecule has 2 aromatic rings. The Labute approximate surface area is 118 Å². The van der Waals surface area contributed by atoms with Gasteiger partial charge in [0, 0.05) is 18.7 Å². The molecule has 2 aromatic heterocycles. The van der Waals surface area contributed by atoms with Gasteiger partial charge >= 0.3 is 5.69 Å². The van der Waals surface area contributed by atoms with Crippen LogP contribution in [0.25, 0.3) is 0 Å². The Hall–Kier alpha value is -2.26. The Kier molecular flexibility index (Phi) is 3.43. The highest BCUT2D eigenvalue weighted by Crippen LogP contribution is 2.36. The third kappa shape index (κ3) is 2.52. The number of aromatic amines is 1. The highest BCUT2D eigenvalue weighted by Gasteiger charge is 2.40. The summed E-state index contributed by atoms with van der Waals surface area (Å²) in [6.07, 6.45) is 2.93. The summed E-state index contributed by atoms with van der Waals surface area (Å²) in [7, 11) is 0. The number of nitrogens with one attached hydrogen (secondary N) is 1. The van der Waals surface area contributed by atoms with Crippen molar-refractivity contribution in [1.29, 1.82) is 0 Å². The maximum atomic E-state index is 11.8. The van der Waals surface area contributed by atoms with Crippen LogP contribution in [0.5, 0.6) is 0 Å². The number of aromatic nitrogens is 5. The smallest absolute Gasteiger partial charge is 0.330 e. The first kappa shape index (κ1) is 13.7. The zero-order valence-electron chi connectivity index (χ0n) is 11.3. The lowest BCUT2D eigenvalue weighted by Gasteiger charge is -2.20. The molecule has 112 valence electrons. The number of rotatable bonds is 3. The van der Waals surface area contributed by atoms with Gasteiger partial charge in [-0.2, -0.15) is 5.10 Å². The molecule has 1 unspecified atom stereocenters. The van der Waals surface area contributed by atoms with E-state index < -0.39 is 29.7 Å². The molecular weight excluding hydrogens is 278 g/mol. The van der Waals surface area contributed by atoms with E-state index in [0.29, 0.717) is 6.42 Å².